The van der Waals surface area contributed by atoms with Gasteiger partial charge in [-0.15, -0.1) is 0 Å². The van der Waals surface area contributed by atoms with E-state index in [1.165, 1.54) is 12.8 Å². The first kappa shape index (κ1) is 14.5. The van der Waals surface area contributed by atoms with Crippen LogP contribution in [0.4, 0.5) is 0 Å². The molecule has 1 heterocycles. The van der Waals surface area contributed by atoms with Crippen LogP contribution < -0.4 is 10.6 Å². The van der Waals surface area contributed by atoms with Gasteiger partial charge in [0, 0.05) is 18.2 Å². The van der Waals surface area contributed by atoms with Crippen LogP contribution in [-0.4, -0.2) is 25.0 Å². The summed E-state index contributed by atoms with van der Waals surface area (Å²) in [5.74, 6) is -0.0855. The second-order valence-electron chi connectivity index (χ2n) is 6.00. The van der Waals surface area contributed by atoms with Crippen LogP contribution in [0.3, 0.4) is 0 Å². The average Bonchev–Trinajstić information content (AvgIpc) is 2.45. The van der Waals surface area contributed by atoms with Crippen molar-refractivity contribution in [2.24, 2.45) is 5.41 Å². The first-order chi connectivity index (χ1) is 9.53. The number of hydrogen-bond acceptors (Lipinski definition) is 3. The largest absolute Gasteiger partial charge is 0.350 e. The van der Waals surface area contributed by atoms with Gasteiger partial charge in [0.15, 0.2) is 0 Å². The minimum atomic E-state index is -0.0855. The Bertz CT molecular complexity index is 514. The molecule has 4 nitrogen and oxygen atoms in total. The molecule has 0 saturated carbocycles. The molecule has 1 atom stereocenters. The number of carbonyl (C=O) groups is 1. The summed E-state index contributed by atoms with van der Waals surface area (Å²) in [4.78, 5) is 12.1. The molecule has 20 heavy (non-hydrogen) atoms. The van der Waals surface area contributed by atoms with Crippen LogP contribution in [0.1, 0.15) is 42.6 Å². The van der Waals surface area contributed by atoms with Gasteiger partial charge in [0.2, 0.25) is 0 Å². The number of piperidine rings is 1. The van der Waals surface area contributed by atoms with E-state index in [2.05, 4.69) is 24.5 Å². The van der Waals surface area contributed by atoms with E-state index >= 15 is 0 Å². The molecule has 1 saturated heterocycles. The quantitative estimate of drug-likeness (QED) is 0.884. The van der Waals surface area contributed by atoms with Crippen LogP contribution in [0.15, 0.2) is 24.3 Å². The van der Waals surface area contributed by atoms with E-state index in [4.69, 9.17) is 5.26 Å². The molecule has 1 fully saturated rings. The highest BCUT2D eigenvalue weighted by Gasteiger charge is 2.31. The Balaban J connectivity index is 1.93. The number of amides is 1. The van der Waals surface area contributed by atoms with Crippen molar-refractivity contribution in [2.45, 2.75) is 32.7 Å². The first-order valence-corrected chi connectivity index (χ1v) is 7.05. The Kier molecular flexibility index (Phi) is 4.41. The summed E-state index contributed by atoms with van der Waals surface area (Å²) in [6.07, 6.45) is 2.37. The fraction of sp³-hybridized carbons (Fsp3) is 0.500. The van der Waals surface area contributed by atoms with Crippen LogP contribution >= 0.6 is 0 Å². The number of hydrogen-bond donors (Lipinski definition) is 2. The lowest BCUT2D eigenvalue weighted by Crippen LogP contribution is -2.52. The number of benzene rings is 1. The monoisotopic (exact) mass is 271 g/mol. The van der Waals surface area contributed by atoms with Crippen molar-refractivity contribution in [3.05, 3.63) is 35.4 Å². The highest BCUT2D eigenvalue weighted by molar-refractivity contribution is 5.94. The van der Waals surface area contributed by atoms with Gasteiger partial charge in [-0.25, -0.2) is 0 Å². The number of nitriles is 1. The van der Waals surface area contributed by atoms with Crippen molar-refractivity contribution >= 4 is 5.91 Å². The Labute approximate surface area is 120 Å². The van der Waals surface area contributed by atoms with E-state index in [0.29, 0.717) is 23.7 Å². The molecule has 0 bridgehead atoms. The SMILES string of the molecule is CC1(C)CCCNC1CNC(=O)c1ccc(C#N)cc1. The molecule has 1 aromatic rings. The zero-order chi connectivity index (χ0) is 14.6. The molecule has 0 aromatic heterocycles. The number of nitrogens with zero attached hydrogens (tertiary/aromatic N) is 1. The van der Waals surface area contributed by atoms with Gasteiger partial charge in [0.1, 0.15) is 0 Å². The maximum atomic E-state index is 12.1. The van der Waals surface area contributed by atoms with E-state index in [1.807, 2.05) is 6.07 Å². The minimum Gasteiger partial charge on any atom is -0.350 e. The van der Waals surface area contributed by atoms with E-state index in [9.17, 15) is 4.79 Å². The highest BCUT2D eigenvalue weighted by Crippen LogP contribution is 2.29. The number of nitrogens with one attached hydrogen (secondary N) is 2. The van der Waals surface area contributed by atoms with Gasteiger partial charge in [-0.1, -0.05) is 13.8 Å². The zero-order valence-electron chi connectivity index (χ0n) is 12.1. The molecule has 0 radical (unpaired) electrons. The minimum absolute atomic E-state index is 0.0855. The summed E-state index contributed by atoms with van der Waals surface area (Å²) in [5, 5.41) is 15.2. The van der Waals surface area contributed by atoms with Crippen molar-refractivity contribution in [1.82, 2.24) is 10.6 Å². The summed E-state index contributed by atoms with van der Waals surface area (Å²) in [6.45, 7) is 6.11. The molecule has 0 spiro atoms. The normalized spacial score (nSPS) is 20.9. The number of carbonyl (C=O) groups excluding carboxylic acids is 1. The second-order valence-corrected chi connectivity index (χ2v) is 6.00. The molecule has 1 unspecified atom stereocenters. The lowest BCUT2D eigenvalue weighted by Gasteiger charge is -2.39. The fourth-order valence-electron chi connectivity index (χ4n) is 2.61. The second kappa shape index (κ2) is 6.06. The van der Waals surface area contributed by atoms with Crippen molar-refractivity contribution < 1.29 is 4.79 Å². The third-order valence-corrected chi connectivity index (χ3v) is 4.07. The molecule has 1 aliphatic rings. The van der Waals surface area contributed by atoms with Crippen molar-refractivity contribution in [3.63, 3.8) is 0 Å². The summed E-state index contributed by atoms with van der Waals surface area (Å²) >= 11 is 0. The summed E-state index contributed by atoms with van der Waals surface area (Å²) in [7, 11) is 0. The third kappa shape index (κ3) is 3.37. The molecular formula is C16H21N3O. The standard InChI is InChI=1S/C16H21N3O/c1-16(2)8-3-9-18-14(16)11-19-15(20)13-6-4-12(10-17)5-7-13/h4-7,14,18H,3,8-9,11H2,1-2H3,(H,19,20). The predicted octanol–water partition coefficient (Wildman–Crippen LogP) is 2.07. The molecule has 0 aliphatic carbocycles. The van der Waals surface area contributed by atoms with Crippen LogP contribution in [0.25, 0.3) is 0 Å². The maximum absolute atomic E-state index is 12.1. The molecule has 2 N–H and O–H groups in total. The lowest BCUT2D eigenvalue weighted by molar-refractivity contribution is 0.0929. The lowest BCUT2D eigenvalue weighted by atomic mass is 9.77. The van der Waals surface area contributed by atoms with Gasteiger partial charge in [-0.3, -0.25) is 4.79 Å². The van der Waals surface area contributed by atoms with E-state index in [1.54, 1.807) is 24.3 Å². The Morgan fingerprint density at radius 2 is 2.15 bits per heavy atom. The van der Waals surface area contributed by atoms with Crippen LogP contribution in [0.2, 0.25) is 0 Å². The van der Waals surface area contributed by atoms with E-state index in [0.717, 1.165) is 6.54 Å². The average molecular weight is 271 g/mol. The Morgan fingerprint density at radius 1 is 1.45 bits per heavy atom. The van der Waals surface area contributed by atoms with E-state index < -0.39 is 0 Å². The molecular weight excluding hydrogens is 250 g/mol. The van der Waals surface area contributed by atoms with Gasteiger partial charge in [0.25, 0.3) is 5.91 Å². The van der Waals surface area contributed by atoms with Gasteiger partial charge in [-0.2, -0.15) is 5.26 Å². The number of rotatable bonds is 3. The van der Waals surface area contributed by atoms with Crippen LogP contribution in [-0.2, 0) is 0 Å². The highest BCUT2D eigenvalue weighted by atomic mass is 16.1. The summed E-state index contributed by atoms with van der Waals surface area (Å²) < 4.78 is 0. The van der Waals surface area contributed by atoms with Gasteiger partial charge in [-0.05, 0) is 49.1 Å². The Morgan fingerprint density at radius 3 is 2.75 bits per heavy atom. The van der Waals surface area contributed by atoms with Gasteiger partial charge < -0.3 is 10.6 Å². The van der Waals surface area contributed by atoms with E-state index in [-0.39, 0.29) is 11.3 Å². The van der Waals surface area contributed by atoms with Crippen LogP contribution in [0, 0.1) is 16.7 Å². The van der Waals surface area contributed by atoms with Crippen molar-refractivity contribution in [3.8, 4) is 6.07 Å². The molecule has 2 rings (SSSR count). The van der Waals surface area contributed by atoms with Crippen molar-refractivity contribution in [1.29, 1.82) is 5.26 Å². The smallest absolute Gasteiger partial charge is 0.251 e. The van der Waals surface area contributed by atoms with Crippen molar-refractivity contribution in [2.75, 3.05) is 13.1 Å². The van der Waals surface area contributed by atoms with Gasteiger partial charge >= 0.3 is 0 Å². The topological polar surface area (TPSA) is 64.9 Å². The molecule has 1 aliphatic heterocycles. The molecule has 4 heteroatoms. The molecule has 1 amide bonds. The van der Waals surface area contributed by atoms with Crippen LogP contribution in [0.5, 0.6) is 0 Å². The zero-order valence-corrected chi connectivity index (χ0v) is 12.1. The Hall–Kier alpha value is -1.86. The van der Waals surface area contributed by atoms with Gasteiger partial charge in [0.05, 0.1) is 11.6 Å². The molecule has 106 valence electrons. The predicted molar refractivity (Wildman–Crippen MR) is 78.3 cm³/mol. The summed E-state index contributed by atoms with van der Waals surface area (Å²) in [5.41, 5.74) is 1.37. The molecule has 1 aromatic carbocycles. The maximum Gasteiger partial charge on any atom is 0.251 e. The fourth-order valence-corrected chi connectivity index (χ4v) is 2.61. The summed E-state index contributed by atoms with van der Waals surface area (Å²) in [6, 6.07) is 9.05. The first-order valence-electron chi connectivity index (χ1n) is 7.05. The third-order valence-electron chi connectivity index (χ3n) is 4.07.